The van der Waals surface area contributed by atoms with Gasteiger partial charge in [-0.15, -0.1) is 13.2 Å². The number of rotatable bonds is 8. The number of amides is 2. The summed E-state index contributed by atoms with van der Waals surface area (Å²) in [6.07, 6.45) is -3.02. The van der Waals surface area contributed by atoms with Crippen molar-refractivity contribution in [3.63, 3.8) is 0 Å². The van der Waals surface area contributed by atoms with Crippen molar-refractivity contribution < 1.29 is 32.2 Å². The smallest absolute Gasteiger partial charge is 0.406 e. The normalized spacial score (nSPS) is 14.6. The Morgan fingerprint density at radius 1 is 1.10 bits per heavy atom. The highest BCUT2D eigenvalue weighted by Gasteiger charge is 2.31. The Morgan fingerprint density at radius 3 is 2.60 bits per heavy atom. The molecule has 4 aromatic rings. The van der Waals surface area contributed by atoms with Crippen LogP contribution in [0.4, 0.5) is 24.3 Å². The zero-order chi connectivity index (χ0) is 28.4. The minimum Gasteiger partial charge on any atom is -0.406 e. The molecular formula is C26H27F3N6O4S. The van der Waals surface area contributed by atoms with Crippen LogP contribution in [0.1, 0.15) is 23.2 Å². The number of fused-ring (bicyclic) bond motifs is 2. The van der Waals surface area contributed by atoms with E-state index in [9.17, 15) is 22.8 Å². The minimum atomic E-state index is -4.78. The standard InChI is InChI=1S/C26H27F3N6O4S/c1-34-20-6-3-16(23(37)30-13-22(36)35-9-7-15(8-10-35)14-38-2)11-19(20)31-24(34)33-25-32-18-5-4-17(12-21(18)40-25)39-26(27,28)29/h3-6,11-12,15H,7-10,13-14H2,1-2H3,(H,30,37)(H,31,32,33). The van der Waals surface area contributed by atoms with E-state index in [0.29, 0.717) is 58.0 Å². The van der Waals surface area contributed by atoms with Crippen LogP contribution < -0.4 is 15.4 Å². The highest BCUT2D eigenvalue weighted by Crippen LogP contribution is 2.33. The number of anilines is 2. The van der Waals surface area contributed by atoms with E-state index in [1.807, 2.05) is 0 Å². The first-order valence-corrected chi connectivity index (χ1v) is 13.4. The van der Waals surface area contributed by atoms with Gasteiger partial charge >= 0.3 is 6.36 Å². The van der Waals surface area contributed by atoms with E-state index in [0.717, 1.165) is 29.7 Å². The molecule has 2 amide bonds. The summed E-state index contributed by atoms with van der Waals surface area (Å²) in [5.41, 5.74) is 2.16. The molecule has 10 nitrogen and oxygen atoms in total. The number of carbonyl (C=O) groups is 2. The molecule has 2 aromatic heterocycles. The van der Waals surface area contributed by atoms with Crippen molar-refractivity contribution in [1.82, 2.24) is 24.8 Å². The van der Waals surface area contributed by atoms with E-state index in [2.05, 4.69) is 25.3 Å². The number of nitrogens with one attached hydrogen (secondary N) is 2. The van der Waals surface area contributed by atoms with Crippen LogP contribution >= 0.6 is 11.3 Å². The topological polar surface area (TPSA) is 111 Å². The van der Waals surface area contributed by atoms with E-state index in [4.69, 9.17) is 4.74 Å². The lowest BCUT2D eigenvalue weighted by atomic mass is 9.98. The largest absolute Gasteiger partial charge is 0.573 e. The third kappa shape index (κ3) is 6.28. The van der Waals surface area contributed by atoms with Crippen molar-refractivity contribution in [1.29, 1.82) is 0 Å². The molecule has 1 aliphatic rings. The molecular weight excluding hydrogens is 549 g/mol. The number of alkyl halides is 3. The van der Waals surface area contributed by atoms with Gasteiger partial charge < -0.3 is 29.6 Å². The fourth-order valence-electron chi connectivity index (χ4n) is 4.66. The molecule has 212 valence electrons. The lowest BCUT2D eigenvalue weighted by Crippen LogP contribution is -2.44. The number of imidazole rings is 1. The number of methoxy groups -OCH3 is 1. The van der Waals surface area contributed by atoms with Crippen LogP contribution in [0.3, 0.4) is 0 Å². The van der Waals surface area contributed by atoms with Crippen molar-refractivity contribution in [3.8, 4) is 5.75 Å². The second-order valence-corrected chi connectivity index (χ2v) is 10.5. The van der Waals surface area contributed by atoms with E-state index in [1.54, 1.807) is 41.8 Å². The molecule has 14 heteroatoms. The summed E-state index contributed by atoms with van der Waals surface area (Å²) in [5, 5.41) is 6.22. The van der Waals surface area contributed by atoms with E-state index in [-0.39, 0.29) is 24.1 Å². The number of halogens is 3. The van der Waals surface area contributed by atoms with Gasteiger partial charge in [-0.1, -0.05) is 11.3 Å². The number of thiazole rings is 1. The van der Waals surface area contributed by atoms with E-state index in [1.165, 1.54) is 18.2 Å². The molecule has 0 unspecified atom stereocenters. The minimum absolute atomic E-state index is 0.0891. The molecule has 0 bridgehead atoms. The maximum Gasteiger partial charge on any atom is 0.573 e. The van der Waals surface area contributed by atoms with Crippen LogP contribution in [0.5, 0.6) is 5.75 Å². The fraction of sp³-hybridized carbons (Fsp3) is 0.385. The number of carbonyl (C=O) groups excluding carboxylic acids is 2. The number of nitrogens with zero attached hydrogens (tertiary/aromatic N) is 4. The van der Waals surface area contributed by atoms with Crippen LogP contribution in [0.25, 0.3) is 21.3 Å². The number of aryl methyl sites for hydroxylation is 1. The van der Waals surface area contributed by atoms with Crippen LogP contribution in [-0.2, 0) is 16.6 Å². The van der Waals surface area contributed by atoms with Gasteiger partial charge in [0.15, 0.2) is 5.13 Å². The molecule has 1 aliphatic heterocycles. The van der Waals surface area contributed by atoms with Gasteiger partial charge in [0.1, 0.15) is 5.75 Å². The average Bonchev–Trinajstić information content (AvgIpc) is 3.45. The zero-order valence-corrected chi connectivity index (χ0v) is 22.6. The lowest BCUT2D eigenvalue weighted by molar-refractivity contribution is -0.274. The van der Waals surface area contributed by atoms with Gasteiger partial charge in [-0.25, -0.2) is 9.97 Å². The number of benzene rings is 2. The lowest BCUT2D eigenvalue weighted by Gasteiger charge is -2.31. The van der Waals surface area contributed by atoms with Crippen LogP contribution in [0.2, 0.25) is 0 Å². The number of ether oxygens (including phenoxy) is 2. The number of likely N-dealkylation sites (tertiary alicyclic amines) is 1. The summed E-state index contributed by atoms with van der Waals surface area (Å²) >= 11 is 1.15. The van der Waals surface area contributed by atoms with Crippen molar-refractivity contribution in [3.05, 3.63) is 42.0 Å². The molecule has 1 saturated heterocycles. The number of aromatic nitrogens is 3. The Kier molecular flexibility index (Phi) is 7.81. The Bertz CT molecular complexity index is 1540. The first kappa shape index (κ1) is 27.6. The van der Waals surface area contributed by atoms with Gasteiger partial charge in [-0.05, 0) is 49.1 Å². The van der Waals surface area contributed by atoms with Gasteiger partial charge in [0, 0.05) is 45.5 Å². The molecule has 40 heavy (non-hydrogen) atoms. The predicted octanol–water partition coefficient (Wildman–Crippen LogP) is 4.44. The third-order valence-electron chi connectivity index (χ3n) is 6.73. The highest BCUT2D eigenvalue weighted by molar-refractivity contribution is 7.22. The first-order valence-electron chi connectivity index (χ1n) is 12.5. The van der Waals surface area contributed by atoms with Crippen LogP contribution in [-0.4, -0.2) is 71.0 Å². The SMILES string of the molecule is COCC1CCN(C(=O)CNC(=O)c2ccc3c(c2)nc(Nc2nc4ccc(OC(F)(F)F)cc4s2)n3C)CC1. The Labute approximate surface area is 231 Å². The molecule has 0 radical (unpaired) electrons. The van der Waals surface area contributed by atoms with Gasteiger partial charge in [0.2, 0.25) is 11.9 Å². The highest BCUT2D eigenvalue weighted by atomic mass is 32.1. The van der Waals surface area contributed by atoms with Gasteiger partial charge in [0.05, 0.1) is 27.8 Å². The number of piperidine rings is 1. The summed E-state index contributed by atoms with van der Waals surface area (Å²) in [5.74, 6) is 0.0614. The van der Waals surface area contributed by atoms with Crippen molar-refractivity contribution >= 4 is 55.5 Å². The number of hydrogen-bond acceptors (Lipinski definition) is 8. The van der Waals surface area contributed by atoms with Gasteiger partial charge in [0.25, 0.3) is 5.91 Å². The second kappa shape index (κ2) is 11.3. The zero-order valence-electron chi connectivity index (χ0n) is 21.7. The monoisotopic (exact) mass is 576 g/mol. The van der Waals surface area contributed by atoms with E-state index >= 15 is 0 Å². The maximum atomic E-state index is 12.8. The molecule has 0 aliphatic carbocycles. The Hall–Kier alpha value is -3.91. The van der Waals surface area contributed by atoms with Gasteiger partial charge in [-0.2, -0.15) is 0 Å². The van der Waals surface area contributed by atoms with Gasteiger partial charge in [-0.3, -0.25) is 9.59 Å². The molecule has 0 spiro atoms. The second-order valence-electron chi connectivity index (χ2n) is 9.48. The average molecular weight is 577 g/mol. The van der Waals surface area contributed by atoms with Crippen molar-refractivity contribution in [2.45, 2.75) is 19.2 Å². The summed E-state index contributed by atoms with van der Waals surface area (Å²) in [6, 6.07) is 8.98. The van der Waals surface area contributed by atoms with Crippen molar-refractivity contribution in [2.75, 3.05) is 38.7 Å². The quantitative estimate of drug-likeness (QED) is 0.319. The molecule has 2 aromatic carbocycles. The summed E-state index contributed by atoms with van der Waals surface area (Å²) in [6.45, 7) is 1.90. The number of hydrogen-bond donors (Lipinski definition) is 2. The molecule has 2 N–H and O–H groups in total. The molecule has 5 rings (SSSR count). The summed E-state index contributed by atoms with van der Waals surface area (Å²) in [7, 11) is 3.46. The molecule has 3 heterocycles. The Morgan fingerprint density at radius 2 is 1.88 bits per heavy atom. The molecule has 0 atom stereocenters. The summed E-state index contributed by atoms with van der Waals surface area (Å²) in [4.78, 5) is 36.1. The first-order chi connectivity index (χ1) is 19.1. The molecule has 0 saturated carbocycles. The third-order valence-corrected chi connectivity index (χ3v) is 7.66. The van der Waals surface area contributed by atoms with Crippen LogP contribution in [0, 0.1) is 5.92 Å². The van der Waals surface area contributed by atoms with E-state index < -0.39 is 6.36 Å². The van der Waals surface area contributed by atoms with Crippen molar-refractivity contribution in [2.24, 2.45) is 13.0 Å². The Balaban J connectivity index is 1.23. The summed E-state index contributed by atoms with van der Waals surface area (Å²) < 4.78 is 49.1. The maximum absolute atomic E-state index is 12.8. The predicted molar refractivity (Wildman–Crippen MR) is 144 cm³/mol. The molecule has 1 fully saturated rings. The fourth-order valence-corrected chi connectivity index (χ4v) is 5.55. The van der Waals surface area contributed by atoms with Crippen LogP contribution in [0.15, 0.2) is 36.4 Å².